The molecule has 0 aliphatic heterocycles. The number of benzene rings is 1. The number of ether oxygens (including phenoxy) is 1. The van der Waals surface area contributed by atoms with Gasteiger partial charge < -0.3 is 4.74 Å². The molecule has 12 heavy (non-hydrogen) atoms. The zero-order valence-electron chi connectivity index (χ0n) is 7.58. The Kier molecular flexibility index (Phi) is 1.80. The van der Waals surface area contributed by atoms with Gasteiger partial charge in [-0.15, -0.1) is 0 Å². The molecule has 0 radical (unpaired) electrons. The van der Waals surface area contributed by atoms with E-state index in [1.807, 2.05) is 12.1 Å². The summed E-state index contributed by atoms with van der Waals surface area (Å²) in [5.74, 6) is 2.65. The van der Waals surface area contributed by atoms with Crippen LogP contribution in [-0.4, -0.2) is 7.11 Å². The summed E-state index contributed by atoms with van der Waals surface area (Å²) in [5, 5.41) is 0. The lowest BCUT2D eigenvalue weighted by atomic mass is 10.1. The van der Waals surface area contributed by atoms with Gasteiger partial charge in [0.1, 0.15) is 5.75 Å². The molecule has 1 aromatic rings. The molecule has 0 bridgehead atoms. The van der Waals surface area contributed by atoms with Crippen molar-refractivity contribution in [3.05, 3.63) is 29.8 Å². The van der Waals surface area contributed by atoms with Crippen LogP contribution in [0.3, 0.4) is 0 Å². The van der Waals surface area contributed by atoms with Crippen LogP contribution in [0, 0.1) is 5.92 Å². The average molecular weight is 162 g/mol. The van der Waals surface area contributed by atoms with Crippen LogP contribution in [0.1, 0.15) is 24.8 Å². The number of methoxy groups -OCH3 is 1. The molecule has 2 atom stereocenters. The second-order valence-corrected chi connectivity index (χ2v) is 3.59. The fourth-order valence-corrected chi connectivity index (χ4v) is 1.64. The van der Waals surface area contributed by atoms with Crippen LogP contribution < -0.4 is 4.74 Å². The van der Waals surface area contributed by atoms with Crippen LogP contribution in [0.25, 0.3) is 0 Å². The van der Waals surface area contributed by atoms with E-state index in [0.29, 0.717) is 0 Å². The molecule has 0 spiro atoms. The third-order valence-electron chi connectivity index (χ3n) is 2.65. The maximum atomic E-state index is 5.10. The van der Waals surface area contributed by atoms with Crippen LogP contribution >= 0.6 is 0 Å². The Bertz CT molecular complexity index is 263. The second-order valence-electron chi connectivity index (χ2n) is 3.59. The van der Waals surface area contributed by atoms with E-state index in [1.165, 1.54) is 12.0 Å². The number of rotatable bonds is 2. The van der Waals surface area contributed by atoms with Gasteiger partial charge in [-0.25, -0.2) is 0 Å². The molecule has 1 unspecified atom stereocenters. The lowest BCUT2D eigenvalue weighted by Crippen LogP contribution is -1.84. The molecular weight excluding hydrogens is 148 g/mol. The van der Waals surface area contributed by atoms with Crippen LogP contribution in [0.15, 0.2) is 24.3 Å². The molecule has 2 rings (SSSR count). The van der Waals surface area contributed by atoms with Crippen LogP contribution in [0.4, 0.5) is 0 Å². The summed E-state index contributed by atoms with van der Waals surface area (Å²) in [5.41, 5.74) is 1.46. The van der Waals surface area contributed by atoms with Gasteiger partial charge in [0.25, 0.3) is 0 Å². The molecule has 1 fully saturated rings. The summed E-state index contributed by atoms with van der Waals surface area (Å²) in [7, 11) is 1.70. The van der Waals surface area contributed by atoms with Crippen LogP contribution in [0.2, 0.25) is 0 Å². The minimum Gasteiger partial charge on any atom is -0.497 e. The normalized spacial score (nSPS) is 26.8. The molecule has 0 saturated heterocycles. The average Bonchev–Trinajstić information content (AvgIpc) is 2.83. The first-order chi connectivity index (χ1) is 5.81. The zero-order valence-corrected chi connectivity index (χ0v) is 7.58. The highest BCUT2D eigenvalue weighted by atomic mass is 16.5. The van der Waals surface area contributed by atoms with Crippen molar-refractivity contribution in [3.63, 3.8) is 0 Å². The van der Waals surface area contributed by atoms with Crippen LogP contribution in [-0.2, 0) is 0 Å². The first kappa shape index (κ1) is 7.66. The van der Waals surface area contributed by atoms with Gasteiger partial charge in [0.2, 0.25) is 0 Å². The van der Waals surface area contributed by atoms with Gasteiger partial charge in [-0.1, -0.05) is 19.1 Å². The fraction of sp³-hybridized carbons (Fsp3) is 0.455. The van der Waals surface area contributed by atoms with Gasteiger partial charge in [-0.2, -0.15) is 0 Å². The summed E-state index contributed by atoms with van der Waals surface area (Å²) >= 11 is 0. The maximum Gasteiger partial charge on any atom is 0.118 e. The molecule has 0 N–H and O–H groups in total. The topological polar surface area (TPSA) is 9.23 Å². The zero-order chi connectivity index (χ0) is 8.55. The van der Waals surface area contributed by atoms with E-state index in [4.69, 9.17) is 4.74 Å². The predicted octanol–water partition coefficient (Wildman–Crippen LogP) is 2.82. The lowest BCUT2D eigenvalue weighted by Gasteiger charge is -2.01. The van der Waals surface area contributed by atoms with E-state index in [0.717, 1.165) is 17.6 Å². The van der Waals surface area contributed by atoms with Crippen molar-refractivity contribution in [2.75, 3.05) is 7.11 Å². The highest BCUT2D eigenvalue weighted by Gasteiger charge is 2.33. The summed E-state index contributed by atoms with van der Waals surface area (Å²) < 4.78 is 5.10. The molecule has 1 aromatic carbocycles. The van der Waals surface area contributed by atoms with E-state index in [2.05, 4.69) is 19.1 Å². The minimum absolute atomic E-state index is 0.816. The molecule has 1 saturated carbocycles. The monoisotopic (exact) mass is 162 g/mol. The first-order valence-corrected chi connectivity index (χ1v) is 4.45. The summed E-state index contributed by atoms with van der Waals surface area (Å²) in [6, 6.07) is 8.43. The smallest absolute Gasteiger partial charge is 0.118 e. The first-order valence-electron chi connectivity index (χ1n) is 4.45. The van der Waals surface area contributed by atoms with Gasteiger partial charge in [0, 0.05) is 0 Å². The van der Waals surface area contributed by atoms with E-state index in [9.17, 15) is 0 Å². The van der Waals surface area contributed by atoms with Gasteiger partial charge in [-0.05, 0) is 36.0 Å². The standard InChI is InChI=1S/C11H14O/c1-8-7-11(8)9-3-5-10(12-2)6-4-9/h3-6,8,11H,7H2,1-2H3/t8-,11?/m0/s1. The quantitative estimate of drug-likeness (QED) is 0.649. The molecule has 0 aromatic heterocycles. The van der Waals surface area contributed by atoms with Crippen molar-refractivity contribution in [1.29, 1.82) is 0 Å². The highest BCUT2D eigenvalue weighted by Crippen LogP contribution is 2.46. The van der Waals surface area contributed by atoms with Crippen molar-refractivity contribution >= 4 is 0 Å². The Hall–Kier alpha value is -0.980. The van der Waals surface area contributed by atoms with E-state index in [-0.39, 0.29) is 0 Å². The van der Waals surface area contributed by atoms with Crippen molar-refractivity contribution in [3.8, 4) is 5.75 Å². The molecule has 1 heteroatoms. The Labute approximate surface area is 73.4 Å². The molecule has 1 aliphatic rings. The largest absolute Gasteiger partial charge is 0.497 e. The van der Waals surface area contributed by atoms with Gasteiger partial charge in [-0.3, -0.25) is 0 Å². The summed E-state index contributed by atoms with van der Waals surface area (Å²) in [6.45, 7) is 2.30. The number of hydrogen-bond acceptors (Lipinski definition) is 1. The van der Waals surface area contributed by atoms with Gasteiger partial charge in [0.15, 0.2) is 0 Å². The van der Waals surface area contributed by atoms with E-state index >= 15 is 0 Å². The molecule has 1 aliphatic carbocycles. The van der Waals surface area contributed by atoms with Gasteiger partial charge >= 0.3 is 0 Å². The van der Waals surface area contributed by atoms with E-state index in [1.54, 1.807) is 7.11 Å². The Morgan fingerprint density at radius 3 is 2.25 bits per heavy atom. The Morgan fingerprint density at radius 2 is 1.83 bits per heavy atom. The van der Waals surface area contributed by atoms with Crippen molar-refractivity contribution < 1.29 is 4.74 Å². The molecule has 1 nitrogen and oxygen atoms in total. The predicted molar refractivity (Wildman–Crippen MR) is 49.5 cm³/mol. The fourth-order valence-electron chi connectivity index (χ4n) is 1.64. The lowest BCUT2D eigenvalue weighted by molar-refractivity contribution is 0.414. The molecule has 0 amide bonds. The molecular formula is C11H14O. The van der Waals surface area contributed by atoms with Crippen molar-refractivity contribution in [2.45, 2.75) is 19.3 Å². The summed E-state index contributed by atoms with van der Waals surface area (Å²) in [6.07, 6.45) is 1.35. The van der Waals surface area contributed by atoms with Crippen LogP contribution in [0.5, 0.6) is 5.75 Å². The van der Waals surface area contributed by atoms with Crippen molar-refractivity contribution in [1.82, 2.24) is 0 Å². The third kappa shape index (κ3) is 1.31. The van der Waals surface area contributed by atoms with E-state index < -0.39 is 0 Å². The SMILES string of the molecule is COc1ccc(C2C[C@@H]2C)cc1. The van der Waals surface area contributed by atoms with Gasteiger partial charge in [0.05, 0.1) is 7.11 Å². The summed E-state index contributed by atoms with van der Waals surface area (Å²) in [4.78, 5) is 0. The maximum absolute atomic E-state index is 5.10. The van der Waals surface area contributed by atoms with Crippen molar-refractivity contribution in [2.24, 2.45) is 5.92 Å². The number of hydrogen-bond donors (Lipinski definition) is 0. The molecule has 0 heterocycles. The second kappa shape index (κ2) is 2.81. The Balaban J connectivity index is 2.14. The minimum atomic E-state index is 0.816. The Morgan fingerprint density at radius 1 is 1.25 bits per heavy atom. The highest BCUT2D eigenvalue weighted by molar-refractivity contribution is 5.32. The third-order valence-corrected chi connectivity index (χ3v) is 2.65. The molecule has 64 valence electrons.